The van der Waals surface area contributed by atoms with Gasteiger partial charge >= 0.3 is 0 Å². The molecule has 7 heteroatoms. The van der Waals surface area contributed by atoms with E-state index in [0.29, 0.717) is 6.42 Å². The van der Waals surface area contributed by atoms with Crippen molar-refractivity contribution in [2.75, 3.05) is 6.54 Å². The summed E-state index contributed by atoms with van der Waals surface area (Å²) in [5.41, 5.74) is 0.834. The molecule has 1 unspecified atom stereocenters. The molecular weight excluding hydrogens is 259 g/mol. The number of halogens is 1. The van der Waals surface area contributed by atoms with E-state index in [2.05, 4.69) is 9.88 Å². The van der Waals surface area contributed by atoms with E-state index in [1.54, 1.807) is 0 Å². The third-order valence-corrected chi connectivity index (χ3v) is 3.95. The summed E-state index contributed by atoms with van der Waals surface area (Å²) in [6.07, 6.45) is 0.326. The van der Waals surface area contributed by atoms with E-state index < -0.39 is 15.8 Å². The minimum atomic E-state index is -3.63. The Morgan fingerprint density at radius 2 is 2.11 bits per heavy atom. The number of nitrogens with one attached hydrogen (secondary N) is 1. The molecule has 0 radical (unpaired) electrons. The van der Waals surface area contributed by atoms with Crippen molar-refractivity contribution in [2.24, 2.45) is 5.16 Å². The van der Waals surface area contributed by atoms with Gasteiger partial charge in [-0.25, -0.2) is 17.5 Å². The van der Waals surface area contributed by atoms with Gasteiger partial charge < -0.3 is 4.84 Å². The molecule has 1 N–H and O–H groups in total. The maximum atomic E-state index is 12.7. The molecule has 0 amide bonds. The molecule has 1 aliphatic heterocycles. The van der Waals surface area contributed by atoms with E-state index >= 15 is 0 Å². The van der Waals surface area contributed by atoms with Crippen molar-refractivity contribution in [3.63, 3.8) is 0 Å². The molecule has 1 aliphatic rings. The van der Waals surface area contributed by atoms with Gasteiger partial charge in [-0.3, -0.25) is 0 Å². The molecule has 1 aromatic rings. The Labute approximate surface area is 105 Å². The van der Waals surface area contributed by atoms with E-state index in [0.717, 1.165) is 17.8 Å². The minimum Gasteiger partial charge on any atom is -0.391 e. The molecule has 0 saturated heterocycles. The average molecular weight is 272 g/mol. The van der Waals surface area contributed by atoms with Gasteiger partial charge in [-0.2, -0.15) is 0 Å². The third kappa shape index (κ3) is 3.05. The Morgan fingerprint density at radius 1 is 1.44 bits per heavy atom. The molecule has 1 atom stereocenters. The quantitative estimate of drug-likeness (QED) is 0.897. The fourth-order valence-corrected chi connectivity index (χ4v) is 2.64. The number of sulfonamides is 1. The first-order chi connectivity index (χ1) is 8.47. The smallest absolute Gasteiger partial charge is 0.240 e. The summed E-state index contributed by atoms with van der Waals surface area (Å²) in [6, 6.07) is 4.64. The lowest BCUT2D eigenvalue weighted by molar-refractivity contribution is 0.0891. The molecule has 18 heavy (non-hydrogen) atoms. The highest BCUT2D eigenvalue weighted by molar-refractivity contribution is 7.89. The van der Waals surface area contributed by atoms with Crippen LogP contribution < -0.4 is 4.72 Å². The van der Waals surface area contributed by atoms with Gasteiger partial charge in [0.25, 0.3) is 0 Å². The van der Waals surface area contributed by atoms with Crippen LogP contribution in [0.2, 0.25) is 0 Å². The first kappa shape index (κ1) is 13.0. The van der Waals surface area contributed by atoms with Gasteiger partial charge in [-0.05, 0) is 31.2 Å². The highest BCUT2D eigenvalue weighted by atomic mass is 32.2. The van der Waals surface area contributed by atoms with Crippen LogP contribution in [0.15, 0.2) is 34.3 Å². The van der Waals surface area contributed by atoms with Gasteiger partial charge in [0.2, 0.25) is 10.0 Å². The number of rotatable bonds is 4. The maximum absolute atomic E-state index is 12.7. The zero-order valence-corrected chi connectivity index (χ0v) is 10.6. The molecule has 1 aromatic carbocycles. The molecule has 0 bridgehead atoms. The van der Waals surface area contributed by atoms with Gasteiger partial charge in [0.1, 0.15) is 11.9 Å². The molecule has 98 valence electrons. The van der Waals surface area contributed by atoms with Gasteiger partial charge in [-0.1, -0.05) is 5.16 Å². The molecule has 0 spiro atoms. The van der Waals surface area contributed by atoms with Crippen LogP contribution in [-0.2, 0) is 14.9 Å². The van der Waals surface area contributed by atoms with Gasteiger partial charge in [0, 0.05) is 6.42 Å². The largest absolute Gasteiger partial charge is 0.391 e. The predicted octanol–water partition coefficient (Wildman–Crippen LogP) is 1.27. The van der Waals surface area contributed by atoms with E-state index in [4.69, 9.17) is 4.84 Å². The highest BCUT2D eigenvalue weighted by Crippen LogP contribution is 2.12. The van der Waals surface area contributed by atoms with Crippen molar-refractivity contribution in [1.29, 1.82) is 0 Å². The molecule has 1 heterocycles. The normalized spacial score (nSPS) is 19.4. The maximum Gasteiger partial charge on any atom is 0.240 e. The van der Waals surface area contributed by atoms with Crippen LogP contribution in [0.4, 0.5) is 4.39 Å². The monoisotopic (exact) mass is 272 g/mol. The lowest BCUT2D eigenvalue weighted by Crippen LogP contribution is -2.32. The molecule has 0 aromatic heterocycles. The van der Waals surface area contributed by atoms with Crippen LogP contribution in [-0.4, -0.2) is 26.8 Å². The Morgan fingerprint density at radius 3 is 2.67 bits per heavy atom. The highest BCUT2D eigenvalue weighted by Gasteiger charge is 2.21. The summed E-state index contributed by atoms with van der Waals surface area (Å²) in [5, 5.41) is 3.73. The average Bonchev–Trinajstić information content (AvgIpc) is 2.73. The fraction of sp³-hybridized carbons (Fsp3) is 0.364. The molecule has 2 rings (SSSR count). The first-order valence-electron chi connectivity index (χ1n) is 5.42. The van der Waals surface area contributed by atoms with Crippen LogP contribution in [0.25, 0.3) is 0 Å². The van der Waals surface area contributed by atoms with E-state index in [1.807, 2.05) is 6.92 Å². The second-order valence-corrected chi connectivity index (χ2v) is 5.83. The summed E-state index contributed by atoms with van der Waals surface area (Å²) in [7, 11) is -3.63. The zero-order chi connectivity index (χ0) is 13.2. The van der Waals surface area contributed by atoms with E-state index in [9.17, 15) is 12.8 Å². The van der Waals surface area contributed by atoms with Crippen LogP contribution in [0, 0.1) is 5.82 Å². The van der Waals surface area contributed by atoms with Crippen LogP contribution in [0.1, 0.15) is 13.3 Å². The number of hydrogen-bond donors (Lipinski definition) is 1. The van der Waals surface area contributed by atoms with E-state index in [1.165, 1.54) is 12.1 Å². The summed E-state index contributed by atoms with van der Waals surface area (Å²) < 4.78 is 38.8. The van der Waals surface area contributed by atoms with Crippen molar-refractivity contribution < 1.29 is 17.6 Å². The molecular formula is C11H13FN2O3S. The van der Waals surface area contributed by atoms with Crippen LogP contribution >= 0.6 is 0 Å². The lowest BCUT2D eigenvalue weighted by atomic mass is 10.2. The Balaban J connectivity index is 1.98. The summed E-state index contributed by atoms with van der Waals surface area (Å²) in [5.74, 6) is -0.475. The van der Waals surface area contributed by atoms with Crippen molar-refractivity contribution >= 4 is 15.7 Å². The minimum absolute atomic E-state index is 0.0273. The van der Waals surface area contributed by atoms with Crippen molar-refractivity contribution in [2.45, 2.75) is 24.3 Å². The second-order valence-electron chi connectivity index (χ2n) is 4.06. The lowest BCUT2D eigenvalue weighted by Gasteiger charge is -2.10. The zero-order valence-electron chi connectivity index (χ0n) is 9.76. The second kappa shape index (κ2) is 5.03. The summed E-state index contributed by atoms with van der Waals surface area (Å²) >= 11 is 0. The van der Waals surface area contributed by atoms with Gasteiger partial charge in [0.05, 0.1) is 17.2 Å². The van der Waals surface area contributed by atoms with E-state index in [-0.39, 0.29) is 17.5 Å². The number of benzene rings is 1. The van der Waals surface area contributed by atoms with Crippen LogP contribution in [0.5, 0.6) is 0 Å². The van der Waals surface area contributed by atoms with Crippen molar-refractivity contribution in [1.82, 2.24) is 4.72 Å². The van der Waals surface area contributed by atoms with Crippen molar-refractivity contribution in [3.8, 4) is 0 Å². The van der Waals surface area contributed by atoms with Gasteiger partial charge in [-0.15, -0.1) is 0 Å². The third-order valence-electron chi connectivity index (χ3n) is 2.51. The predicted molar refractivity (Wildman–Crippen MR) is 64.2 cm³/mol. The topological polar surface area (TPSA) is 67.8 Å². The molecule has 0 aliphatic carbocycles. The van der Waals surface area contributed by atoms with Gasteiger partial charge in [0.15, 0.2) is 0 Å². The Bertz CT molecular complexity index is 554. The number of hydrogen-bond acceptors (Lipinski definition) is 4. The summed E-state index contributed by atoms with van der Waals surface area (Å²) in [4.78, 5) is 5.04. The Hall–Kier alpha value is -1.47. The number of nitrogens with zero attached hydrogens (tertiary/aromatic N) is 1. The standard InChI is InChI=1S/C11H13FN2O3S/c1-8-6-10(17-14-8)7-13-18(15,16)11-4-2-9(12)3-5-11/h2-5,10,13H,6-7H2,1H3. The SMILES string of the molecule is CC1=NOC(CNS(=O)(=O)c2ccc(F)cc2)C1. The van der Waals surface area contributed by atoms with Crippen molar-refractivity contribution in [3.05, 3.63) is 30.1 Å². The number of oxime groups is 1. The molecule has 0 saturated carbocycles. The Kier molecular flexibility index (Phi) is 3.63. The molecule has 0 fully saturated rings. The van der Waals surface area contributed by atoms with Crippen LogP contribution in [0.3, 0.4) is 0 Å². The first-order valence-corrected chi connectivity index (χ1v) is 6.90. The summed E-state index contributed by atoms with van der Waals surface area (Å²) in [6.45, 7) is 1.95. The fourth-order valence-electron chi connectivity index (χ4n) is 1.58. The molecule has 5 nitrogen and oxygen atoms in total.